The van der Waals surface area contributed by atoms with Gasteiger partial charge in [-0.25, -0.2) is 24.2 Å². The Hall–Kier alpha value is -4.16. The van der Waals surface area contributed by atoms with Crippen LogP contribution >= 0.6 is 11.6 Å². The fraction of sp³-hybridized carbons (Fsp3) is 0.500. The molecule has 0 radical (unpaired) electrons. The second-order valence-corrected chi connectivity index (χ2v) is 14.4. The maximum atomic E-state index is 13.0. The molecule has 1 saturated heterocycles. The third-order valence-electron chi connectivity index (χ3n) is 8.25. The van der Waals surface area contributed by atoms with Crippen LogP contribution in [-0.2, 0) is 14.8 Å². The second-order valence-electron chi connectivity index (χ2n) is 12.4. The molecule has 0 bridgehead atoms. The molecule has 0 spiro atoms. The fourth-order valence-electron chi connectivity index (χ4n) is 5.65. The predicted octanol–water partition coefficient (Wildman–Crippen LogP) is 4.75. The highest BCUT2D eigenvalue weighted by Crippen LogP contribution is 2.52. The van der Waals surface area contributed by atoms with E-state index in [0.29, 0.717) is 19.3 Å². The molecule has 2 fully saturated rings. The fourth-order valence-corrected chi connectivity index (χ4v) is 6.82. The molecule has 1 aliphatic heterocycles. The summed E-state index contributed by atoms with van der Waals surface area (Å²) in [5.74, 6) is -1.99. The number of hydrogen-bond donors (Lipinski definition) is 3. The molecule has 3 atom stereocenters. The van der Waals surface area contributed by atoms with E-state index in [9.17, 15) is 36.3 Å². The molecule has 2 aliphatic rings. The van der Waals surface area contributed by atoms with Crippen LogP contribution in [0.25, 0.3) is 5.82 Å². The molecule has 14 nitrogen and oxygen atoms in total. The number of alkyl halides is 3. The van der Waals surface area contributed by atoms with Crippen LogP contribution in [-0.4, -0.2) is 94.3 Å². The number of halogens is 4. The lowest BCUT2D eigenvalue weighted by Crippen LogP contribution is -2.41. The summed E-state index contributed by atoms with van der Waals surface area (Å²) in [5, 5.41) is 15.8. The zero-order valence-electron chi connectivity index (χ0n) is 26.5. The van der Waals surface area contributed by atoms with Crippen molar-refractivity contribution < 1.29 is 45.8 Å². The Balaban J connectivity index is 1.10. The molecule has 1 aliphatic carbocycles. The topological polar surface area (TPSA) is 178 Å². The summed E-state index contributed by atoms with van der Waals surface area (Å²) in [6.45, 7) is 4.57. The summed E-state index contributed by atoms with van der Waals surface area (Å²) in [6.07, 6.45) is -2.38. The van der Waals surface area contributed by atoms with Gasteiger partial charge in [0.15, 0.2) is 10.8 Å². The molecule has 49 heavy (non-hydrogen) atoms. The first-order valence-electron chi connectivity index (χ1n) is 15.4. The number of nitrogens with zero attached hydrogens (tertiary/aromatic N) is 5. The molecular formula is C30H35ClF3N7O7S. The van der Waals surface area contributed by atoms with Crippen molar-refractivity contribution in [3.63, 3.8) is 0 Å². The SMILES string of the molecule is CC1(C)CC(OCCNc2cccc(S(=O)(=O)NC(=O)c3ccc(-n4ccc(OCCCC5CC5C(F)(F)F)n4)nc3Cl)n2)CN1C(=O)O. The number of rotatable bonds is 14. The largest absolute Gasteiger partial charge is 0.477 e. The van der Waals surface area contributed by atoms with Gasteiger partial charge in [0.25, 0.3) is 15.9 Å². The number of anilines is 1. The molecule has 1 saturated carbocycles. The monoisotopic (exact) mass is 729 g/mol. The summed E-state index contributed by atoms with van der Waals surface area (Å²) >= 11 is 6.23. The van der Waals surface area contributed by atoms with Crippen LogP contribution in [0.1, 0.15) is 49.9 Å². The van der Waals surface area contributed by atoms with Crippen LogP contribution in [0.4, 0.5) is 23.8 Å². The first-order chi connectivity index (χ1) is 23.0. The van der Waals surface area contributed by atoms with Gasteiger partial charge in [-0.1, -0.05) is 17.7 Å². The van der Waals surface area contributed by atoms with Crippen LogP contribution in [0.3, 0.4) is 0 Å². The average Bonchev–Trinajstić information content (AvgIpc) is 3.55. The van der Waals surface area contributed by atoms with E-state index in [1.54, 1.807) is 0 Å². The van der Waals surface area contributed by atoms with E-state index in [1.165, 1.54) is 52.2 Å². The highest BCUT2D eigenvalue weighted by molar-refractivity contribution is 7.90. The number of ether oxygens (including phenoxy) is 2. The number of hydrogen-bond acceptors (Lipinski definition) is 10. The van der Waals surface area contributed by atoms with Gasteiger partial charge in [0, 0.05) is 24.3 Å². The molecule has 19 heteroatoms. The first kappa shape index (κ1) is 36.1. The van der Waals surface area contributed by atoms with Gasteiger partial charge in [-0.3, -0.25) is 4.79 Å². The number of sulfonamides is 1. The number of carbonyl (C=O) groups excluding carboxylic acids is 1. The summed E-state index contributed by atoms with van der Waals surface area (Å²) in [6, 6.07) is 8.40. The van der Waals surface area contributed by atoms with Crippen molar-refractivity contribution in [1.29, 1.82) is 0 Å². The van der Waals surface area contributed by atoms with Gasteiger partial charge in [-0.15, -0.1) is 5.10 Å². The normalized spacial score (nSPS) is 20.2. The quantitative estimate of drug-likeness (QED) is 0.154. The van der Waals surface area contributed by atoms with E-state index >= 15 is 0 Å². The van der Waals surface area contributed by atoms with Crippen molar-refractivity contribution in [3.8, 4) is 11.7 Å². The van der Waals surface area contributed by atoms with Crippen molar-refractivity contribution in [2.75, 3.05) is 31.6 Å². The molecule has 3 unspecified atom stereocenters. The summed E-state index contributed by atoms with van der Waals surface area (Å²) < 4.78 is 78.6. The molecule has 3 aromatic rings. The maximum Gasteiger partial charge on any atom is 0.407 e. The Morgan fingerprint density at radius 2 is 1.92 bits per heavy atom. The maximum absolute atomic E-state index is 13.0. The van der Waals surface area contributed by atoms with Crippen LogP contribution in [0.2, 0.25) is 5.15 Å². The smallest absolute Gasteiger partial charge is 0.407 e. The number of likely N-dealkylation sites (tertiary alicyclic amines) is 1. The molecule has 5 rings (SSSR count). The number of carbonyl (C=O) groups is 2. The molecular weight excluding hydrogens is 695 g/mol. The summed E-state index contributed by atoms with van der Waals surface area (Å²) in [4.78, 5) is 33.9. The van der Waals surface area contributed by atoms with Crippen molar-refractivity contribution in [2.24, 2.45) is 11.8 Å². The average molecular weight is 730 g/mol. The van der Waals surface area contributed by atoms with E-state index in [-0.39, 0.29) is 73.0 Å². The lowest BCUT2D eigenvalue weighted by atomic mass is 10.0. The van der Waals surface area contributed by atoms with Crippen molar-refractivity contribution in [2.45, 2.75) is 62.4 Å². The number of nitrogens with one attached hydrogen (secondary N) is 2. The van der Waals surface area contributed by atoms with E-state index in [4.69, 9.17) is 21.1 Å². The minimum atomic E-state index is -4.42. The Labute approximate surface area is 285 Å². The standard InChI is InChI=1S/C30H35ClF3N7O7S/c1-29(2)16-19(17-40(29)28(43)44)47-14-11-35-22-6-3-7-25(36-22)49(45,46)39-27(42)20-8-9-23(37-26(20)31)41-12-10-24(38-41)48-13-4-5-18-15-21(18)30(32,33)34/h3,6-10,12,18-19,21H,4-5,11,13-17H2,1-2H3,(H,35,36)(H,39,42)(H,43,44). The summed E-state index contributed by atoms with van der Waals surface area (Å²) in [5.41, 5.74) is -0.770. The number of carboxylic acid groups (broad SMARTS) is 1. The van der Waals surface area contributed by atoms with E-state index in [1.807, 2.05) is 18.6 Å². The Bertz CT molecular complexity index is 1790. The number of aromatic nitrogens is 4. The highest BCUT2D eigenvalue weighted by Gasteiger charge is 2.54. The van der Waals surface area contributed by atoms with Gasteiger partial charge in [0.2, 0.25) is 5.88 Å². The lowest BCUT2D eigenvalue weighted by Gasteiger charge is -2.27. The van der Waals surface area contributed by atoms with E-state index in [0.717, 1.165) is 0 Å². The van der Waals surface area contributed by atoms with Gasteiger partial charge < -0.3 is 24.8 Å². The van der Waals surface area contributed by atoms with Crippen LogP contribution < -0.4 is 14.8 Å². The first-order valence-corrected chi connectivity index (χ1v) is 17.2. The molecule has 266 valence electrons. The lowest BCUT2D eigenvalue weighted by molar-refractivity contribution is -0.151. The van der Waals surface area contributed by atoms with Crippen molar-refractivity contribution in [3.05, 3.63) is 53.3 Å². The molecule has 4 heterocycles. The molecule has 2 amide bonds. The Kier molecular flexibility index (Phi) is 10.6. The van der Waals surface area contributed by atoms with Crippen LogP contribution in [0.5, 0.6) is 5.88 Å². The minimum absolute atomic E-state index is 0.154. The Morgan fingerprint density at radius 1 is 1.14 bits per heavy atom. The third-order valence-corrected chi connectivity index (χ3v) is 9.77. The zero-order valence-corrected chi connectivity index (χ0v) is 28.1. The van der Waals surface area contributed by atoms with Gasteiger partial charge in [-0.05, 0) is 69.7 Å². The second kappa shape index (κ2) is 14.4. The summed E-state index contributed by atoms with van der Waals surface area (Å²) in [7, 11) is -4.42. The van der Waals surface area contributed by atoms with Gasteiger partial charge in [0.1, 0.15) is 11.0 Å². The molecule has 3 aromatic heterocycles. The van der Waals surface area contributed by atoms with Gasteiger partial charge >= 0.3 is 12.3 Å². The van der Waals surface area contributed by atoms with Crippen molar-refractivity contribution >= 4 is 39.4 Å². The van der Waals surface area contributed by atoms with Crippen molar-refractivity contribution in [1.82, 2.24) is 29.4 Å². The Morgan fingerprint density at radius 3 is 2.59 bits per heavy atom. The van der Waals surface area contributed by atoms with Gasteiger partial charge in [-0.2, -0.15) is 21.6 Å². The van der Waals surface area contributed by atoms with Gasteiger partial charge in [0.05, 0.1) is 37.3 Å². The highest BCUT2D eigenvalue weighted by atomic mass is 35.5. The predicted molar refractivity (Wildman–Crippen MR) is 169 cm³/mol. The molecule has 0 aromatic carbocycles. The molecule has 3 N–H and O–H groups in total. The number of pyridine rings is 2. The van der Waals surface area contributed by atoms with Crippen LogP contribution in [0.15, 0.2) is 47.6 Å². The van der Waals surface area contributed by atoms with Crippen LogP contribution in [0, 0.1) is 11.8 Å². The number of amides is 2. The third kappa shape index (κ3) is 9.10. The zero-order chi connectivity index (χ0) is 35.6. The van der Waals surface area contributed by atoms with E-state index < -0.39 is 44.7 Å². The minimum Gasteiger partial charge on any atom is -0.477 e. The van der Waals surface area contributed by atoms with E-state index in [2.05, 4.69) is 20.4 Å².